The summed E-state index contributed by atoms with van der Waals surface area (Å²) in [5.41, 5.74) is 2.58. The Kier molecular flexibility index (Phi) is 6.83. The maximum Gasteiger partial charge on any atom is 0.339 e. The van der Waals surface area contributed by atoms with Crippen LogP contribution in [0.5, 0.6) is 5.75 Å². The maximum atomic E-state index is 12.8. The molecule has 170 valence electrons. The highest BCUT2D eigenvalue weighted by atomic mass is 16.5. The number of para-hydroxylation sites is 1. The molecule has 1 aromatic heterocycles. The van der Waals surface area contributed by atoms with Crippen LogP contribution < -0.4 is 15.0 Å². The van der Waals surface area contributed by atoms with Gasteiger partial charge in [0.1, 0.15) is 5.75 Å². The molecule has 1 aliphatic rings. The highest BCUT2D eigenvalue weighted by Crippen LogP contribution is 2.26. The highest BCUT2D eigenvalue weighted by molar-refractivity contribution is 6.01. The van der Waals surface area contributed by atoms with E-state index < -0.39 is 5.97 Å². The van der Waals surface area contributed by atoms with Crippen LogP contribution in [-0.4, -0.2) is 49.4 Å². The number of carbonyl (C=O) groups excluding carboxylic acids is 2. The first-order chi connectivity index (χ1) is 16.1. The zero-order valence-corrected chi connectivity index (χ0v) is 18.7. The van der Waals surface area contributed by atoms with Crippen molar-refractivity contribution in [3.05, 3.63) is 66.2 Å². The van der Waals surface area contributed by atoms with E-state index in [0.717, 1.165) is 22.8 Å². The van der Waals surface area contributed by atoms with Crippen LogP contribution in [0.25, 0.3) is 11.3 Å². The summed E-state index contributed by atoms with van der Waals surface area (Å²) in [4.78, 5) is 26.9. The molecule has 8 nitrogen and oxygen atoms in total. The topological polar surface area (TPSA) is 93.7 Å². The lowest BCUT2D eigenvalue weighted by atomic mass is 9.95. The van der Waals surface area contributed by atoms with Crippen molar-refractivity contribution in [3.8, 4) is 17.0 Å². The van der Waals surface area contributed by atoms with Crippen LogP contribution in [-0.2, 0) is 9.53 Å². The third-order valence-electron chi connectivity index (χ3n) is 5.82. The van der Waals surface area contributed by atoms with Gasteiger partial charge in [0.05, 0.1) is 31.2 Å². The Balaban J connectivity index is 1.35. The lowest BCUT2D eigenvalue weighted by Gasteiger charge is -2.32. The van der Waals surface area contributed by atoms with Crippen molar-refractivity contribution in [2.24, 2.45) is 5.92 Å². The van der Waals surface area contributed by atoms with Crippen LogP contribution in [0.2, 0.25) is 0 Å². The van der Waals surface area contributed by atoms with E-state index in [1.54, 1.807) is 31.4 Å². The minimum Gasteiger partial charge on any atom is -0.497 e. The fourth-order valence-electron chi connectivity index (χ4n) is 3.90. The molecule has 0 aliphatic carbocycles. The molecule has 8 heteroatoms. The zero-order valence-electron chi connectivity index (χ0n) is 18.7. The molecule has 2 aromatic carbocycles. The lowest BCUT2D eigenvalue weighted by molar-refractivity contribution is -0.120. The summed E-state index contributed by atoms with van der Waals surface area (Å²) < 4.78 is 9.99. The molecule has 33 heavy (non-hydrogen) atoms. The number of nitrogens with one attached hydrogen (secondary N) is 1. The SMILES string of the molecule is COC(=O)c1ccccc1NC(=O)C1CCN(c2ccc(-c3ccc(OC)cc3)nn2)CC1. The van der Waals surface area contributed by atoms with Crippen LogP contribution in [0.15, 0.2) is 60.7 Å². The first-order valence-electron chi connectivity index (χ1n) is 10.8. The standard InChI is InChI=1S/C25H26N4O4/c1-32-19-9-7-17(8-10-19)21-11-12-23(28-27-21)29-15-13-18(14-16-29)24(30)26-22-6-4-3-5-20(22)25(31)33-2/h3-12,18H,13-16H2,1-2H3,(H,26,30). The number of hydrogen-bond donors (Lipinski definition) is 1. The molecule has 2 heterocycles. The minimum absolute atomic E-state index is 0.0908. The van der Waals surface area contributed by atoms with Gasteiger partial charge in [-0.1, -0.05) is 12.1 Å². The summed E-state index contributed by atoms with van der Waals surface area (Å²) >= 11 is 0. The van der Waals surface area contributed by atoms with Crippen LogP contribution in [0.3, 0.4) is 0 Å². The molecule has 4 rings (SSSR count). The van der Waals surface area contributed by atoms with Crippen molar-refractivity contribution in [1.29, 1.82) is 0 Å². The van der Waals surface area contributed by atoms with E-state index in [9.17, 15) is 9.59 Å². The van der Waals surface area contributed by atoms with Gasteiger partial charge >= 0.3 is 5.97 Å². The average molecular weight is 447 g/mol. The Morgan fingerprint density at radius 3 is 2.30 bits per heavy atom. The fraction of sp³-hybridized carbons (Fsp3) is 0.280. The summed E-state index contributed by atoms with van der Waals surface area (Å²) in [6.07, 6.45) is 1.38. The van der Waals surface area contributed by atoms with Gasteiger partial charge in [-0.05, 0) is 61.4 Å². The number of amides is 1. The van der Waals surface area contributed by atoms with Crippen molar-refractivity contribution < 1.29 is 19.1 Å². The number of benzene rings is 2. The number of methoxy groups -OCH3 is 2. The smallest absolute Gasteiger partial charge is 0.339 e. The molecule has 0 unspecified atom stereocenters. The van der Waals surface area contributed by atoms with Crippen molar-refractivity contribution in [1.82, 2.24) is 10.2 Å². The van der Waals surface area contributed by atoms with Gasteiger partial charge in [-0.2, -0.15) is 0 Å². The Morgan fingerprint density at radius 1 is 0.939 bits per heavy atom. The number of rotatable bonds is 6. The molecule has 0 radical (unpaired) electrons. The van der Waals surface area contributed by atoms with Gasteiger partial charge in [0.15, 0.2) is 5.82 Å². The van der Waals surface area contributed by atoms with Gasteiger partial charge in [-0.3, -0.25) is 4.79 Å². The molecule has 1 fully saturated rings. The van der Waals surface area contributed by atoms with E-state index in [4.69, 9.17) is 9.47 Å². The molecule has 3 aromatic rings. The van der Waals surface area contributed by atoms with Gasteiger partial charge in [0.2, 0.25) is 5.91 Å². The largest absolute Gasteiger partial charge is 0.497 e. The molecule has 1 aliphatic heterocycles. The zero-order chi connectivity index (χ0) is 23.2. The molecular weight excluding hydrogens is 420 g/mol. The van der Waals surface area contributed by atoms with Gasteiger partial charge in [-0.25, -0.2) is 4.79 Å². The van der Waals surface area contributed by atoms with Crippen molar-refractivity contribution >= 4 is 23.4 Å². The summed E-state index contributed by atoms with van der Waals surface area (Å²) in [7, 11) is 2.96. The van der Waals surface area contributed by atoms with Crippen LogP contribution in [0.1, 0.15) is 23.2 Å². The molecule has 0 saturated carbocycles. The number of nitrogens with zero attached hydrogens (tertiary/aromatic N) is 3. The average Bonchev–Trinajstić information content (AvgIpc) is 2.89. The molecule has 0 bridgehead atoms. The Morgan fingerprint density at radius 2 is 1.67 bits per heavy atom. The normalized spacial score (nSPS) is 13.9. The third kappa shape index (κ3) is 5.11. The van der Waals surface area contributed by atoms with Crippen molar-refractivity contribution in [3.63, 3.8) is 0 Å². The Hall–Kier alpha value is -3.94. The quantitative estimate of drug-likeness (QED) is 0.576. The Bertz CT molecular complexity index is 1110. The molecule has 1 N–H and O–H groups in total. The van der Waals surface area contributed by atoms with E-state index in [0.29, 0.717) is 37.2 Å². The maximum absolute atomic E-state index is 12.8. The monoisotopic (exact) mass is 446 g/mol. The number of ether oxygens (including phenoxy) is 2. The second-order valence-electron chi connectivity index (χ2n) is 7.79. The van der Waals surface area contributed by atoms with Gasteiger partial charge in [0.25, 0.3) is 0 Å². The van der Waals surface area contributed by atoms with E-state index in [2.05, 4.69) is 20.4 Å². The van der Waals surface area contributed by atoms with E-state index in [1.807, 2.05) is 36.4 Å². The second-order valence-corrected chi connectivity index (χ2v) is 7.79. The third-order valence-corrected chi connectivity index (χ3v) is 5.82. The van der Waals surface area contributed by atoms with Gasteiger partial charge in [-0.15, -0.1) is 10.2 Å². The molecular formula is C25H26N4O4. The van der Waals surface area contributed by atoms with E-state index >= 15 is 0 Å². The minimum atomic E-state index is -0.475. The number of piperidine rings is 1. The highest BCUT2D eigenvalue weighted by Gasteiger charge is 2.27. The van der Waals surface area contributed by atoms with E-state index in [1.165, 1.54) is 7.11 Å². The number of esters is 1. The number of hydrogen-bond acceptors (Lipinski definition) is 7. The van der Waals surface area contributed by atoms with Crippen LogP contribution in [0.4, 0.5) is 11.5 Å². The first kappa shape index (κ1) is 22.3. The molecule has 0 atom stereocenters. The summed E-state index contributed by atoms with van der Waals surface area (Å²) in [5.74, 6) is 0.883. The second kappa shape index (κ2) is 10.1. The number of aromatic nitrogens is 2. The summed E-state index contributed by atoms with van der Waals surface area (Å²) in [6, 6.07) is 18.5. The predicted molar refractivity (Wildman–Crippen MR) is 125 cm³/mol. The van der Waals surface area contributed by atoms with Crippen molar-refractivity contribution in [2.45, 2.75) is 12.8 Å². The molecule has 0 spiro atoms. The van der Waals surface area contributed by atoms with Gasteiger partial charge < -0.3 is 19.7 Å². The molecule has 1 saturated heterocycles. The van der Waals surface area contributed by atoms with Crippen molar-refractivity contribution in [2.75, 3.05) is 37.5 Å². The number of anilines is 2. The Labute approximate surface area is 192 Å². The van der Waals surface area contributed by atoms with Crippen LogP contribution >= 0.6 is 0 Å². The molecule has 1 amide bonds. The first-order valence-corrected chi connectivity index (χ1v) is 10.8. The predicted octanol–water partition coefficient (Wildman–Crippen LogP) is 3.79. The summed E-state index contributed by atoms with van der Waals surface area (Å²) in [6.45, 7) is 1.40. The number of carbonyl (C=O) groups is 2. The van der Waals surface area contributed by atoms with Crippen LogP contribution in [0, 0.1) is 5.92 Å². The van der Waals surface area contributed by atoms with E-state index in [-0.39, 0.29) is 11.8 Å². The summed E-state index contributed by atoms with van der Waals surface area (Å²) in [5, 5.41) is 11.6. The lowest BCUT2D eigenvalue weighted by Crippen LogP contribution is -2.38. The fourth-order valence-corrected chi connectivity index (χ4v) is 3.90. The van der Waals surface area contributed by atoms with Gasteiger partial charge in [0, 0.05) is 24.6 Å².